The second-order valence-electron chi connectivity index (χ2n) is 11.6. The van der Waals surface area contributed by atoms with Gasteiger partial charge in [-0.15, -0.1) is 0 Å². The lowest BCUT2D eigenvalue weighted by Crippen LogP contribution is -2.57. The lowest BCUT2D eigenvalue weighted by Gasteiger charge is -2.31. The van der Waals surface area contributed by atoms with Gasteiger partial charge in [0.15, 0.2) is 0 Å². The third-order valence-corrected chi connectivity index (χ3v) is 9.02. The number of likely N-dealkylation sites (tertiary alicyclic amines) is 1. The van der Waals surface area contributed by atoms with E-state index >= 15 is 0 Å². The van der Waals surface area contributed by atoms with E-state index in [9.17, 15) is 19.5 Å². The minimum absolute atomic E-state index is 0.0418. The summed E-state index contributed by atoms with van der Waals surface area (Å²) in [6.45, 7) is 0.101. The second-order valence-corrected chi connectivity index (χ2v) is 11.6. The highest BCUT2D eigenvalue weighted by molar-refractivity contribution is 6.09. The number of imide groups is 1. The molecule has 5 aromatic rings. The Balaban J connectivity index is 1.27. The summed E-state index contributed by atoms with van der Waals surface area (Å²) in [5.74, 6) is -3.89. The molecule has 3 N–H and O–H groups in total. The van der Waals surface area contributed by atoms with Gasteiger partial charge in [-0.2, -0.15) is 0 Å². The number of carbonyl (C=O) groups is 3. The number of carboxylic acids is 1. The number of carboxylic acid groups (broad SMARTS) is 1. The van der Waals surface area contributed by atoms with Crippen LogP contribution >= 0.6 is 0 Å². The highest BCUT2D eigenvalue weighted by Gasteiger charge is 2.68. The van der Waals surface area contributed by atoms with Crippen LogP contribution in [0.2, 0.25) is 0 Å². The smallest absolute Gasteiger partial charge is 0.325 e. The first kappa shape index (κ1) is 27.6. The number of amides is 2. The van der Waals surface area contributed by atoms with Crippen LogP contribution in [0.25, 0.3) is 23.1 Å². The predicted octanol–water partition coefficient (Wildman–Crippen LogP) is 5.85. The maximum Gasteiger partial charge on any atom is 0.325 e. The largest absolute Gasteiger partial charge is 0.480 e. The van der Waals surface area contributed by atoms with E-state index in [0.29, 0.717) is 0 Å². The van der Waals surface area contributed by atoms with Gasteiger partial charge in [0.1, 0.15) is 5.54 Å². The van der Waals surface area contributed by atoms with Gasteiger partial charge in [-0.3, -0.25) is 24.6 Å². The summed E-state index contributed by atoms with van der Waals surface area (Å²) in [7, 11) is 0. The molecule has 0 saturated carbocycles. The Morgan fingerprint density at radius 2 is 1.43 bits per heavy atom. The molecule has 0 radical (unpaired) electrons. The van der Waals surface area contributed by atoms with Crippen LogP contribution in [-0.4, -0.2) is 38.3 Å². The van der Waals surface area contributed by atoms with Crippen LogP contribution in [0.4, 0.5) is 0 Å². The SMILES string of the molecule is O=C1C2C(c3ccc(/C=C/c4ccccc4)cc3)NC(Cc3c[nH]c4ccccc34)(C(=O)O)C2C(=O)N1Cc1ccccc1. The highest BCUT2D eigenvalue weighted by atomic mass is 16.4. The summed E-state index contributed by atoms with van der Waals surface area (Å²) < 4.78 is 0. The zero-order valence-electron chi connectivity index (χ0n) is 23.9. The lowest BCUT2D eigenvalue weighted by molar-refractivity contribution is -0.151. The van der Waals surface area contributed by atoms with E-state index in [0.717, 1.165) is 38.7 Å². The Kier molecular flexibility index (Phi) is 6.95. The number of nitrogens with zero attached hydrogens (tertiary/aromatic N) is 1. The molecule has 2 aliphatic heterocycles. The minimum Gasteiger partial charge on any atom is -0.480 e. The first-order valence-electron chi connectivity index (χ1n) is 14.7. The van der Waals surface area contributed by atoms with Gasteiger partial charge >= 0.3 is 5.97 Å². The zero-order valence-corrected chi connectivity index (χ0v) is 23.9. The molecule has 3 heterocycles. The number of aromatic nitrogens is 1. The molecule has 218 valence electrons. The van der Waals surface area contributed by atoms with Crippen molar-refractivity contribution in [2.45, 2.75) is 24.5 Å². The average molecular weight is 582 g/mol. The average Bonchev–Trinajstić information content (AvgIpc) is 3.70. The fraction of sp³-hybridized carbons (Fsp3) is 0.162. The lowest BCUT2D eigenvalue weighted by atomic mass is 9.76. The molecule has 1 aromatic heterocycles. The molecule has 7 nitrogen and oxygen atoms in total. The van der Waals surface area contributed by atoms with Gasteiger partial charge in [-0.1, -0.05) is 115 Å². The molecule has 2 amide bonds. The highest BCUT2D eigenvalue weighted by Crippen LogP contribution is 2.50. The van der Waals surface area contributed by atoms with Gasteiger partial charge in [0.25, 0.3) is 0 Å². The van der Waals surface area contributed by atoms with Crippen molar-refractivity contribution < 1.29 is 19.5 Å². The topological polar surface area (TPSA) is 102 Å². The number of benzene rings is 4. The first-order valence-corrected chi connectivity index (χ1v) is 14.7. The van der Waals surface area contributed by atoms with E-state index in [-0.39, 0.29) is 18.9 Å². The Bertz CT molecular complexity index is 1880. The number of fused-ring (bicyclic) bond motifs is 2. The number of rotatable bonds is 8. The number of aliphatic carboxylic acids is 1. The number of hydrogen-bond acceptors (Lipinski definition) is 4. The number of H-pyrrole nitrogens is 1. The molecule has 2 aliphatic rings. The molecule has 4 unspecified atom stereocenters. The van der Waals surface area contributed by atoms with Crippen molar-refractivity contribution >= 4 is 40.8 Å². The van der Waals surface area contributed by atoms with Crippen LogP contribution in [0.5, 0.6) is 0 Å². The number of carbonyl (C=O) groups excluding carboxylic acids is 2. The standard InChI is InChI=1S/C37H31N3O4/c41-34-31-32(35(42)40(34)23-26-11-5-2-6-12-26)37(36(43)44,21-28-22-38-30-14-8-7-13-29(28)30)39-33(31)27-19-17-25(18-20-27)16-15-24-9-3-1-4-10-24/h1-20,22,31-33,38-39H,21,23H2,(H,43,44)/b16-15+. The second kappa shape index (κ2) is 11.1. The molecule has 0 bridgehead atoms. The maximum absolute atomic E-state index is 14.1. The van der Waals surface area contributed by atoms with Gasteiger partial charge in [-0.25, -0.2) is 0 Å². The van der Waals surface area contributed by atoms with Crippen molar-refractivity contribution in [3.05, 3.63) is 143 Å². The van der Waals surface area contributed by atoms with Gasteiger partial charge in [0.05, 0.1) is 18.4 Å². The van der Waals surface area contributed by atoms with Crippen molar-refractivity contribution in [1.82, 2.24) is 15.2 Å². The van der Waals surface area contributed by atoms with Crippen LogP contribution in [0.15, 0.2) is 115 Å². The number of nitrogens with one attached hydrogen (secondary N) is 2. The number of hydrogen-bond donors (Lipinski definition) is 3. The van der Waals surface area contributed by atoms with E-state index in [1.165, 1.54) is 4.90 Å². The summed E-state index contributed by atoms with van der Waals surface area (Å²) in [5.41, 5.74) is 3.59. The van der Waals surface area contributed by atoms with Gasteiger partial charge < -0.3 is 10.1 Å². The molecule has 2 saturated heterocycles. The van der Waals surface area contributed by atoms with E-state index in [1.807, 2.05) is 121 Å². The van der Waals surface area contributed by atoms with Gasteiger partial charge in [0.2, 0.25) is 11.8 Å². The molecule has 7 heteroatoms. The third kappa shape index (κ3) is 4.71. The monoisotopic (exact) mass is 581 g/mol. The van der Waals surface area contributed by atoms with Crippen molar-refractivity contribution in [2.75, 3.05) is 0 Å². The molecule has 7 rings (SSSR count). The molecular formula is C37H31N3O4. The van der Waals surface area contributed by atoms with E-state index in [2.05, 4.69) is 10.3 Å². The minimum atomic E-state index is -1.69. The third-order valence-electron chi connectivity index (χ3n) is 9.02. The number of aromatic amines is 1. The van der Waals surface area contributed by atoms with Crippen LogP contribution in [0, 0.1) is 11.8 Å². The summed E-state index contributed by atoms with van der Waals surface area (Å²) >= 11 is 0. The normalized spacial score (nSPS) is 23.1. The molecule has 4 aromatic carbocycles. The summed E-state index contributed by atoms with van der Waals surface area (Å²) in [6.07, 6.45) is 5.88. The van der Waals surface area contributed by atoms with Crippen molar-refractivity contribution in [1.29, 1.82) is 0 Å². The molecule has 0 aliphatic carbocycles. The molecule has 44 heavy (non-hydrogen) atoms. The van der Waals surface area contributed by atoms with E-state index in [1.54, 1.807) is 6.20 Å². The van der Waals surface area contributed by atoms with Crippen molar-refractivity contribution in [2.24, 2.45) is 11.8 Å². The quantitative estimate of drug-likeness (QED) is 0.158. The Morgan fingerprint density at radius 3 is 2.14 bits per heavy atom. The van der Waals surface area contributed by atoms with E-state index < -0.39 is 35.3 Å². The van der Waals surface area contributed by atoms with Crippen LogP contribution in [0.3, 0.4) is 0 Å². The van der Waals surface area contributed by atoms with Crippen LogP contribution < -0.4 is 5.32 Å². The summed E-state index contributed by atoms with van der Waals surface area (Å²) in [4.78, 5) is 46.0. The Labute approximate surface area is 254 Å². The van der Waals surface area contributed by atoms with Crippen molar-refractivity contribution in [3.8, 4) is 0 Å². The Morgan fingerprint density at radius 1 is 0.795 bits per heavy atom. The maximum atomic E-state index is 14.1. The molecule has 2 fully saturated rings. The fourth-order valence-electron chi connectivity index (χ4n) is 6.86. The van der Waals surface area contributed by atoms with Gasteiger partial charge in [0, 0.05) is 29.6 Å². The predicted molar refractivity (Wildman–Crippen MR) is 169 cm³/mol. The summed E-state index contributed by atoms with van der Waals surface area (Å²) in [6, 6.07) is 34.1. The zero-order chi connectivity index (χ0) is 30.3. The van der Waals surface area contributed by atoms with Gasteiger partial charge in [-0.05, 0) is 33.9 Å². The van der Waals surface area contributed by atoms with E-state index in [4.69, 9.17) is 0 Å². The van der Waals surface area contributed by atoms with Crippen LogP contribution in [-0.2, 0) is 27.3 Å². The molecule has 0 spiro atoms. The molecular weight excluding hydrogens is 550 g/mol. The van der Waals surface area contributed by atoms with Crippen LogP contribution in [0.1, 0.15) is 33.9 Å². The molecule has 4 atom stereocenters. The number of para-hydroxylation sites is 1. The first-order chi connectivity index (χ1) is 21.4. The Hall–Kier alpha value is -5.27. The summed E-state index contributed by atoms with van der Waals surface area (Å²) in [5, 5.41) is 15.1. The fourth-order valence-corrected chi connectivity index (χ4v) is 6.86. The van der Waals surface area contributed by atoms with Crippen molar-refractivity contribution in [3.63, 3.8) is 0 Å².